The maximum Gasteiger partial charge on any atom is 0.315 e. The standard InChI is InChI=1S/C11H18N2O3/c1-8-6-10(9(2)16-8)7-13-11(15)12-4-3-5-14/h6,14H,3-5,7H2,1-2H3,(H2,12,13,15). The fraction of sp³-hybridized carbons (Fsp3) is 0.545. The predicted molar refractivity (Wildman–Crippen MR) is 60.1 cm³/mol. The lowest BCUT2D eigenvalue weighted by atomic mass is 10.2. The van der Waals surface area contributed by atoms with E-state index in [4.69, 9.17) is 9.52 Å². The number of amides is 2. The first kappa shape index (κ1) is 12.6. The highest BCUT2D eigenvalue weighted by Gasteiger charge is 2.05. The Labute approximate surface area is 94.8 Å². The zero-order valence-electron chi connectivity index (χ0n) is 9.67. The van der Waals surface area contributed by atoms with Crippen LogP contribution in [-0.2, 0) is 6.54 Å². The van der Waals surface area contributed by atoms with Crippen LogP contribution in [0.4, 0.5) is 4.79 Å². The van der Waals surface area contributed by atoms with Crippen LogP contribution in [0.2, 0.25) is 0 Å². The molecule has 1 aromatic rings. The van der Waals surface area contributed by atoms with Crippen LogP contribution >= 0.6 is 0 Å². The summed E-state index contributed by atoms with van der Waals surface area (Å²) >= 11 is 0. The van der Waals surface area contributed by atoms with E-state index >= 15 is 0 Å². The molecule has 0 fully saturated rings. The lowest BCUT2D eigenvalue weighted by Crippen LogP contribution is -2.35. The van der Waals surface area contributed by atoms with Gasteiger partial charge in [-0.2, -0.15) is 0 Å². The van der Waals surface area contributed by atoms with Crippen molar-refractivity contribution in [3.63, 3.8) is 0 Å². The number of carbonyl (C=O) groups excluding carboxylic acids is 1. The summed E-state index contributed by atoms with van der Waals surface area (Å²) < 4.78 is 5.34. The van der Waals surface area contributed by atoms with Gasteiger partial charge in [0.25, 0.3) is 0 Å². The first-order valence-electron chi connectivity index (χ1n) is 5.32. The zero-order valence-corrected chi connectivity index (χ0v) is 9.67. The molecule has 3 N–H and O–H groups in total. The van der Waals surface area contributed by atoms with Crippen molar-refractivity contribution in [1.29, 1.82) is 0 Å². The summed E-state index contributed by atoms with van der Waals surface area (Å²) in [5.74, 6) is 1.67. The molecule has 90 valence electrons. The highest BCUT2D eigenvalue weighted by Crippen LogP contribution is 2.12. The van der Waals surface area contributed by atoms with Crippen molar-refractivity contribution in [3.05, 3.63) is 23.2 Å². The number of aryl methyl sites for hydroxylation is 2. The first-order chi connectivity index (χ1) is 7.63. The normalized spacial score (nSPS) is 10.2. The highest BCUT2D eigenvalue weighted by molar-refractivity contribution is 5.73. The number of rotatable bonds is 5. The SMILES string of the molecule is Cc1cc(CNC(=O)NCCCO)c(C)o1. The second-order valence-electron chi connectivity index (χ2n) is 3.63. The molecule has 1 aromatic heterocycles. The largest absolute Gasteiger partial charge is 0.466 e. The maximum absolute atomic E-state index is 11.3. The van der Waals surface area contributed by atoms with E-state index in [2.05, 4.69) is 10.6 Å². The fourth-order valence-corrected chi connectivity index (χ4v) is 1.38. The Morgan fingerprint density at radius 2 is 2.19 bits per heavy atom. The molecule has 0 bridgehead atoms. The summed E-state index contributed by atoms with van der Waals surface area (Å²) in [7, 11) is 0. The van der Waals surface area contributed by atoms with Crippen LogP contribution in [0.5, 0.6) is 0 Å². The summed E-state index contributed by atoms with van der Waals surface area (Å²) in [6.07, 6.45) is 0.567. The van der Waals surface area contributed by atoms with Crippen LogP contribution in [0, 0.1) is 13.8 Å². The van der Waals surface area contributed by atoms with E-state index in [0.29, 0.717) is 19.5 Å². The van der Waals surface area contributed by atoms with E-state index in [9.17, 15) is 4.79 Å². The van der Waals surface area contributed by atoms with Gasteiger partial charge in [-0.3, -0.25) is 0 Å². The predicted octanol–water partition coefficient (Wildman–Crippen LogP) is 1.08. The number of carbonyl (C=O) groups is 1. The van der Waals surface area contributed by atoms with Gasteiger partial charge in [-0.15, -0.1) is 0 Å². The lowest BCUT2D eigenvalue weighted by molar-refractivity contribution is 0.237. The molecule has 1 heterocycles. The van der Waals surface area contributed by atoms with Crippen LogP contribution in [0.15, 0.2) is 10.5 Å². The number of aliphatic hydroxyl groups is 1. The quantitative estimate of drug-likeness (QED) is 0.658. The summed E-state index contributed by atoms with van der Waals surface area (Å²) in [6.45, 7) is 4.76. The van der Waals surface area contributed by atoms with Crippen LogP contribution in [-0.4, -0.2) is 24.3 Å². The third kappa shape index (κ3) is 3.94. The summed E-state index contributed by atoms with van der Waals surface area (Å²) in [4.78, 5) is 11.3. The van der Waals surface area contributed by atoms with Crippen molar-refractivity contribution in [2.45, 2.75) is 26.8 Å². The van der Waals surface area contributed by atoms with Crippen LogP contribution in [0.25, 0.3) is 0 Å². The Kier molecular flexibility index (Phi) is 4.85. The molecule has 2 amide bonds. The molecule has 0 atom stereocenters. The second-order valence-corrected chi connectivity index (χ2v) is 3.63. The Bertz CT molecular complexity index is 347. The molecule has 0 saturated carbocycles. The molecule has 0 saturated heterocycles. The second kappa shape index (κ2) is 6.17. The van der Waals surface area contributed by atoms with Crippen LogP contribution < -0.4 is 10.6 Å². The molecule has 5 heteroatoms. The molecule has 0 aromatic carbocycles. The number of furan rings is 1. The van der Waals surface area contributed by atoms with Gasteiger partial charge in [-0.1, -0.05) is 0 Å². The Morgan fingerprint density at radius 3 is 2.75 bits per heavy atom. The zero-order chi connectivity index (χ0) is 12.0. The van der Waals surface area contributed by atoms with Gasteiger partial charge in [0.15, 0.2) is 0 Å². The topological polar surface area (TPSA) is 74.5 Å². The average Bonchev–Trinajstić information content (AvgIpc) is 2.55. The third-order valence-electron chi connectivity index (χ3n) is 2.20. The number of aliphatic hydroxyl groups excluding tert-OH is 1. The monoisotopic (exact) mass is 226 g/mol. The fourth-order valence-electron chi connectivity index (χ4n) is 1.38. The Balaban J connectivity index is 2.29. The molecule has 5 nitrogen and oxygen atoms in total. The van der Waals surface area contributed by atoms with Crippen molar-refractivity contribution in [1.82, 2.24) is 10.6 Å². The van der Waals surface area contributed by atoms with Gasteiger partial charge in [0, 0.05) is 25.3 Å². The molecule has 1 rings (SSSR count). The molecule has 0 unspecified atom stereocenters. The Hall–Kier alpha value is -1.49. The molecule has 0 radical (unpaired) electrons. The molecule has 16 heavy (non-hydrogen) atoms. The third-order valence-corrected chi connectivity index (χ3v) is 2.20. The van der Waals surface area contributed by atoms with E-state index in [0.717, 1.165) is 17.1 Å². The van der Waals surface area contributed by atoms with Crippen LogP contribution in [0.1, 0.15) is 23.5 Å². The van der Waals surface area contributed by atoms with Crippen LogP contribution in [0.3, 0.4) is 0 Å². The average molecular weight is 226 g/mol. The van der Waals surface area contributed by atoms with Crippen molar-refractivity contribution in [2.24, 2.45) is 0 Å². The lowest BCUT2D eigenvalue weighted by Gasteiger charge is -2.05. The number of urea groups is 1. The van der Waals surface area contributed by atoms with E-state index in [-0.39, 0.29) is 12.6 Å². The van der Waals surface area contributed by atoms with Crippen molar-refractivity contribution < 1.29 is 14.3 Å². The van der Waals surface area contributed by atoms with E-state index in [1.165, 1.54) is 0 Å². The minimum absolute atomic E-state index is 0.0836. The number of nitrogens with one attached hydrogen (secondary N) is 2. The summed E-state index contributed by atoms with van der Waals surface area (Å²) in [6, 6.07) is 1.68. The van der Waals surface area contributed by atoms with E-state index in [1.807, 2.05) is 19.9 Å². The van der Waals surface area contributed by atoms with E-state index in [1.54, 1.807) is 0 Å². The van der Waals surface area contributed by atoms with Gasteiger partial charge < -0.3 is 20.2 Å². The van der Waals surface area contributed by atoms with Gasteiger partial charge in [-0.05, 0) is 26.3 Å². The smallest absolute Gasteiger partial charge is 0.315 e. The number of hydrogen-bond donors (Lipinski definition) is 3. The molecule has 0 aliphatic rings. The van der Waals surface area contributed by atoms with Gasteiger partial charge in [0.1, 0.15) is 11.5 Å². The number of hydrogen-bond acceptors (Lipinski definition) is 3. The minimum atomic E-state index is -0.230. The first-order valence-corrected chi connectivity index (χ1v) is 5.32. The highest BCUT2D eigenvalue weighted by atomic mass is 16.3. The maximum atomic E-state index is 11.3. The minimum Gasteiger partial charge on any atom is -0.466 e. The van der Waals surface area contributed by atoms with Crippen molar-refractivity contribution in [3.8, 4) is 0 Å². The summed E-state index contributed by atoms with van der Waals surface area (Å²) in [5, 5.41) is 13.9. The molecule has 0 aliphatic heterocycles. The molecule has 0 aliphatic carbocycles. The van der Waals surface area contributed by atoms with Gasteiger partial charge in [-0.25, -0.2) is 4.79 Å². The molecule has 0 spiro atoms. The summed E-state index contributed by atoms with van der Waals surface area (Å²) in [5.41, 5.74) is 0.981. The van der Waals surface area contributed by atoms with E-state index < -0.39 is 0 Å². The van der Waals surface area contributed by atoms with Gasteiger partial charge in [0.2, 0.25) is 0 Å². The Morgan fingerprint density at radius 1 is 1.44 bits per heavy atom. The van der Waals surface area contributed by atoms with Gasteiger partial charge in [0.05, 0.1) is 0 Å². The molecular weight excluding hydrogens is 208 g/mol. The van der Waals surface area contributed by atoms with Crippen molar-refractivity contribution in [2.75, 3.05) is 13.2 Å². The molecular formula is C11H18N2O3. The van der Waals surface area contributed by atoms with Gasteiger partial charge >= 0.3 is 6.03 Å². The van der Waals surface area contributed by atoms with Crippen molar-refractivity contribution >= 4 is 6.03 Å².